The molecule has 0 aliphatic heterocycles. The lowest BCUT2D eigenvalue weighted by molar-refractivity contribution is 0.282. The topological polar surface area (TPSA) is 66.4 Å². The van der Waals surface area contributed by atoms with Crippen LogP contribution in [0.5, 0.6) is 0 Å². The Hall–Kier alpha value is -0.910. The summed E-state index contributed by atoms with van der Waals surface area (Å²) in [7, 11) is -3.32. The number of rotatable bonds is 5. The van der Waals surface area contributed by atoms with Gasteiger partial charge in [0.25, 0.3) is 0 Å². The van der Waals surface area contributed by atoms with E-state index in [2.05, 4.69) is 4.72 Å². The van der Waals surface area contributed by atoms with Crippen LogP contribution in [0.4, 0.5) is 0 Å². The van der Waals surface area contributed by atoms with Crippen LogP contribution in [0.3, 0.4) is 0 Å². The molecule has 1 fully saturated rings. The van der Waals surface area contributed by atoms with Crippen molar-refractivity contribution in [3.05, 3.63) is 35.4 Å². The maximum atomic E-state index is 12.3. The highest BCUT2D eigenvalue weighted by Gasteiger charge is 2.19. The molecule has 0 spiro atoms. The molecule has 21 heavy (non-hydrogen) atoms. The molecule has 118 valence electrons. The Bertz CT molecular complexity index is 534. The molecule has 0 amide bonds. The minimum absolute atomic E-state index is 0.0165. The van der Waals surface area contributed by atoms with Crippen molar-refractivity contribution < 1.29 is 13.5 Å². The Labute approximate surface area is 127 Å². The Morgan fingerprint density at radius 2 is 1.67 bits per heavy atom. The molecule has 2 N–H and O–H groups in total. The molecule has 0 heterocycles. The van der Waals surface area contributed by atoms with Gasteiger partial charge in [0.2, 0.25) is 10.0 Å². The fraction of sp³-hybridized carbons (Fsp3) is 0.625. The highest BCUT2D eigenvalue weighted by molar-refractivity contribution is 7.88. The van der Waals surface area contributed by atoms with E-state index in [0.29, 0.717) is 0 Å². The fourth-order valence-electron chi connectivity index (χ4n) is 2.91. The highest BCUT2D eigenvalue weighted by Crippen LogP contribution is 2.18. The summed E-state index contributed by atoms with van der Waals surface area (Å²) in [5, 5.41) is 9.11. The van der Waals surface area contributed by atoms with Crippen molar-refractivity contribution in [3.8, 4) is 0 Å². The lowest BCUT2D eigenvalue weighted by atomic mass is 9.97. The van der Waals surface area contributed by atoms with E-state index in [9.17, 15) is 8.42 Å². The number of hydrogen-bond acceptors (Lipinski definition) is 3. The summed E-state index contributed by atoms with van der Waals surface area (Å²) in [6.07, 6.45) is 7.77. The summed E-state index contributed by atoms with van der Waals surface area (Å²) in [6, 6.07) is 7.19. The molecule has 0 atom stereocenters. The number of nitrogens with one attached hydrogen (secondary N) is 1. The molecule has 0 unspecified atom stereocenters. The molecule has 1 aromatic carbocycles. The van der Waals surface area contributed by atoms with Crippen LogP contribution in [-0.2, 0) is 22.4 Å². The first-order valence-corrected chi connectivity index (χ1v) is 9.43. The van der Waals surface area contributed by atoms with Gasteiger partial charge in [-0.1, -0.05) is 56.4 Å². The summed E-state index contributed by atoms with van der Waals surface area (Å²) >= 11 is 0. The van der Waals surface area contributed by atoms with Gasteiger partial charge in [-0.05, 0) is 24.0 Å². The van der Waals surface area contributed by atoms with Crippen LogP contribution >= 0.6 is 0 Å². The van der Waals surface area contributed by atoms with E-state index in [0.717, 1.165) is 36.8 Å². The predicted octanol–water partition coefficient (Wildman–Crippen LogP) is 2.71. The number of aliphatic hydroxyl groups excluding tert-OH is 1. The van der Waals surface area contributed by atoms with E-state index < -0.39 is 10.0 Å². The minimum atomic E-state index is -3.32. The third-order valence-corrected chi connectivity index (χ3v) is 5.39. The second-order valence-electron chi connectivity index (χ2n) is 5.90. The van der Waals surface area contributed by atoms with Crippen LogP contribution in [0.15, 0.2) is 24.3 Å². The molecule has 0 saturated heterocycles. The number of benzene rings is 1. The molecule has 1 aliphatic carbocycles. The molecule has 1 aromatic rings. The predicted molar refractivity (Wildman–Crippen MR) is 84.2 cm³/mol. The smallest absolute Gasteiger partial charge is 0.216 e. The van der Waals surface area contributed by atoms with Crippen molar-refractivity contribution in [1.82, 2.24) is 4.72 Å². The molecular weight excluding hydrogens is 286 g/mol. The van der Waals surface area contributed by atoms with Gasteiger partial charge in [-0.15, -0.1) is 0 Å². The van der Waals surface area contributed by atoms with Gasteiger partial charge in [-0.3, -0.25) is 0 Å². The van der Waals surface area contributed by atoms with Crippen molar-refractivity contribution in [2.75, 3.05) is 0 Å². The van der Waals surface area contributed by atoms with Gasteiger partial charge in [-0.2, -0.15) is 0 Å². The summed E-state index contributed by atoms with van der Waals surface area (Å²) in [4.78, 5) is 0. The maximum absolute atomic E-state index is 12.3. The molecule has 0 radical (unpaired) electrons. The van der Waals surface area contributed by atoms with E-state index in [1.165, 1.54) is 19.3 Å². The van der Waals surface area contributed by atoms with Crippen LogP contribution < -0.4 is 4.72 Å². The second kappa shape index (κ2) is 7.92. The highest BCUT2D eigenvalue weighted by atomic mass is 32.2. The average Bonchev–Trinajstić information content (AvgIpc) is 2.41. The van der Waals surface area contributed by atoms with Gasteiger partial charge in [0.15, 0.2) is 0 Å². The number of aliphatic hydroxyl groups is 1. The van der Waals surface area contributed by atoms with E-state index in [1.54, 1.807) is 24.3 Å². The molecule has 0 aromatic heterocycles. The summed E-state index contributed by atoms with van der Waals surface area (Å²) in [5.41, 5.74) is 1.47. The normalized spacial score (nSPS) is 18.1. The van der Waals surface area contributed by atoms with Crippen molar-refractivity contribution >= 4 is 10.0 Å². The maximum Gasteiger partial charge on any atom is 0.216 e. The Kier molecular flexibility index (Phi) is 6.21. The van der Waals surface area contributed by atoms with Gasteiger partial charge in [0, 0.05) is 6.04 Å². The Morgan fingerprint density at radius 1 is 1.05 bits per heavy atom. The molecule has 1 aliphatic rings. The molecule has 4 nitrogen and oxygen atoms in total. The van der Waals surface area contributed by atoms with Gasteiger partial charge in [0.05, 0.1) is 12.4 Å². The van der Waals surface area contributed by atoms with Gasteiger partial charge in [-0.25, -0.2) is 13.1 Å². The van der Waals surface area contributed by atoms with Gasteiger partial charge < -0.3 is 5.11 Å². The van der Waals surface area contributed by atoms with Gasteiger partial charge in [0.1, 0.15) is 0 Å². The van der Waals surface area contributed by atoms with Gasteiger partial charge >= 0.3 is 0 Å². The van der Waals surface area contributed by atoms with Crippen LogP contribution in [0.25, 0.3) is 0 Å². The number of sulfonamides is 1. The molecule has 1 saturated carbocycles. The summed E-state index contributed by atoms with van der Waals surface area (Å²) < 4.78 is 27.4. The number of hydrogen-bond donors (Lipinski definition) is 2. The minimum Gasteiger partial charge on any atom is -0.392 e. The van der Waals surface area contributed by atoms with Crippen LogP contribution in [-0.4, -0.2) is 19.6 Å². The lowest BCUT2D eigenvalue weighted by Gasteiger charge is -2.21. The largest absolute Gasteiger partial charge is 0.392 e. The first-order chi connectivity index (χ1) is 10.1. The van der Waals surface area contributed by atoms with Crippen LogP contribution in [0, 0.1) is 0 Å². The summed E-state index contributed by atoms with van der Waals surface area (Å²) in [6.45, 7) is -0.0655. The van der Waals surface area contributed by atoms with Crippen molar-refractivity contribution in [2.45, 2.75) is 63.3 Å². The van der Waals surface area contributed by atoms with E-state index in [4.69, 9.17) is 5.11 Å². The Morgan fingerprint density at radius 3 is 2.33 bits per heavy atom. The first-order valence-electron chi connectivity index (χ1n) is 7.78. The lowest BCUT2D eigenvalue weighted by Crippen LogP contribution is -2.36. The molecular formula is C16H25NO3S. The molecule has 2 rings (SSSR count). The van der Waals surface area contributed by atoms with Crippen molar-refractivity contribution in [2.24, 2.45) is 0 Å². The average molecular weight is 311 g/mol. The van der Waals surface area contributed by atoms with Crippen LogP contribution in [0.1, 0.15) is 56.1 Å². The standard InChI is InChI=1S/C16H25NO3S/c18-12-14-7-6-8-15(11-14)13-21(19,20)17-16-9-4-2-1-3-5-10-16/h6-8,11,16-18H,1-5,9-10,12-13H2. The molecule has 0 bridgehead atoms. The zero-order valence-corrected chi connectivity index (χ0v) is 13.2. The fourth-order valence-corrected chi connectivity index (χ4v) is 4.35. The van der Waals surface area contributed by atoms with Crippen molar-refractivity contribution in [3.63, 3.8) is 0 Å². The van der Waals surface area contributed by atoms with E-state index >= 15 is 0 Å². The quantitative estimate of drug-likeness (QED) is 0.878. The molecule has 5 heteroatoms. The zero-order valence-electron chi connectivity index (χ0n) is 12.4. The van der Waals surface area contributed by atoms with Crippen LogP contribution in [0.2, 0.25) is 0 Å². The van der Waals surface area contributed by atoms with Crippen molar-refractivity contribution in [1.29, 1.82) is 0 Å². The van der Waals surface area contributed by atoms with E-state index in [-0.39, 0.29) is 18.4 Å². The first kappa shape index (κ1) is 16.5. The monoisotopic (exact) mass is 311 g/mol. The van der Waals surface area contributed by atoms with E-state index in [1.807, 2.05) is 0 Å². The second-order valence-corrected chi connectivity index (χ2v) is 7.65. The third kappa shape index (κ3) is 5.77. The summed E-state index contributed by atoms with van der Waals surface area (Å²) in [5.74, 6) is -0.0165. The Balaban J connectivity index is 1.96. The SMILES string of the molecule is O=S(=O)(Cc1cccc(CO)c1)NC1CCCCCCC1. The third-order valence-electron chi connectivity index (χ3n) is 3.98. The zero-order chi connectivity index (χ0) is 15.1.